The van der Waals surface area contributed by atoms with Gasteiger partial charge in [-0.3, -0.25) is 0 Å². The van der Waals surface area contributed by atoms with Gasteiger partial charge in [-0.25, -0.2) is 9.98 Å². The van der Waals surface area contributed by atoms with Gasteiger partial charge in [0.2, 0.25) is 0 Å². The van der Waals surface area contributed by atoms with Gasteiger partial charge < -0.3 is 20.3 Å². The van der Waals surface area contributed by atoms with Gasteiger partial charge in [0, 0.05) is 37.9 Å². The van der Waals surface area contributed by atoms with Crippen LogP contribution in [0.5, 0.6) is 0 Å². The van der Waals surface area contributed by atoms with Crippen LogP contribution in [0.2, 0.25) is 0 Å². The summed E-state index contributed by atoms with van der Waals surface area (Å²) in [4.78, 5) is 11.6. The van der Waals surface area contributed by atoms with Gasteiger partial charge in [-0.15, -0.1) is 24.0 Å². The Kier molecular flexibility index (Phi) is 8.04. The standard InChI is InChI=1S/C17H27N5O.HI/c1-2-18-17(20-12-14-5-6-14)21-13-15-4-3-7-19-16(15)22-8-10-23-11-9-22;/h3-4,7,14H,2,5-6,8-13H2,1H3,(H2,18,20,21);1H. The van der Waals surface area contributed by atoms with E-state index in [1.807, 2.05) is 12.3 Å². The average Bonchev–Trinajstić information content (AvgIpc) is 3.43. The minimum atomic E-state index is 0. The van der Waals surface area contributed by atoms with Crippen molar-refractivity contribution < 1.29 is 4.74 Å². The Balaban J connectivity index is 0.00000208. The zero-order valence-corrected chi connectivity index (χ0v) is 16.7. The van der Waals surface area contributed by atoms with Crippen molar-refractivity contribution >= 4 is 35.8 Å². The molecule has 2 fully saturated rings. The summed E-state index contributed by atoms with van der Waals surface area (Å²) in [7, 11) is 0. The molecule has 2 heterocycles. The molecule has 1 saturated heterocycles. The third kappa shape index (κ3) is 5.77. The largest absolute Gasteiger partial charge is 0.378 e. The molecular weight excluding hydrogens is 417 g/mol. The molecule has 6 nitrogen and oxygen atoms in total. The second-order valence-electron chi connectivity index (χ2n) is 6.10. The number of guanidine groups is 1. The highest BCUT2D eigenvalue weighted by atomic mass is 127. The fourth-order valence-electron chi connectivity index (χ4n) is 2.68. The summed E-state index contributed by atoms with van der Waals surface area (Å²) < 4.78 is 5.43. The molecule has 0 atom stereocenters. The maximum atomic E-state index is 5.43. The lowest BCUT2D eigenvalue weighted by atomic mass is 10.2. The Labute approximate surface area is 161 Å². The van der Waals surface area contributed by atoms with Gasteiger partial charge in [0.05, 0.1) is 19.8 Å². The second kappa shape index (κ2) is 10.0. The molecule has 1 aromatic rings. The normalized spacial score (nSPS) is 18.0. The summed E-state index contributed by atoms with van der Waals surface area (Å²) in [6.45, 7) is 7.96. The maximum absolute atomic E-state index is 5.43. The van der Waals surface area contributed by atoms with Crippen LogP contribution in [0.25, 0.3) is 0 Å². The number of halogens is 1. The van der Waals surface area contributed by atoms with Crippen molar-refractivity contribution in [3.05, 3.63) is 23.9 Å². The van der Waals surface area contributed by atoms with Crippen molar-refractivity contribution in [3.63, 3.8) is 0 Å². The number of nitrogens with one attached hydrogen (secondary N) is 2. The maximum Gasteiger partial charge on any atom is 0.191 e. The van der Waals surface area contributed by atoms with Crippen molar-refractivity contribution in [3.8, 4) is 0 Å². The Morgan fingerprint density at radius 1 is 1.33 bits per heavy atom. The fraction of sp³-hybridized carbons (Fsp3) is 0.647. The van der Waals surface area contributed by atoms with E-state index in [1.165, 1.54) is 12.8 Å². The number of rotatable bonds is 6. The number of hydrogen-bond acceptors (Lipinski definition) is 4. The molecule has 3 rings (SSSR count). The van der Waals surface area contributed by atoms with E-state index in [0.717, 1.165) is 62.7 Å². The summed E-state index contributed by atoms with van der Waals surface area (Å²) in [6.07, 6.45) is 4.54. The highest BCUT2D eigenvalue weighted by molar-refractivity contribution is 14.0. The average molecular weight is 445 g/mol. The van der Waals surface area contributed by atoms with Crippen LogP contribution in [-0.2, 0) is 11.3 Å². The molecule has 134 valence electrons. The van der Waals surface area contributed by atoms with Crippen molar-refractivity contribution in [1.29, 1.82) is 0 Å². The van der Waals surface area contributed by atoms with Gasteiger partial charge in [0.25, 0.3) is 0 Å². The first-order valence-electron chi connectivity index (χ1n) is 8.65. The van der Waals surface area contributed by atoms with E-state index in [4.69, 9.17) is 9.73 Å². The van der Waals surface area contributed by atoms with E-state index < -0.39 is 0 Å². The highest BCUT2D eigenvalue weighted by Gasteiger charge is 2.21. The molecule has 0 radical (unpaired) electrons. The molecule has 1 aliphatic heterocycles. The van der Waals surface area contributed by atoms with E-state index >= 15 is 0 Å². The number of nitrogens with zero attached hydrogens (tertiary/aromatic N) is 3. The number of pyridine rings is 1. The monoisotopic (exact) mass is 445 g/mol. The summed E-state index contributed by atoms with van der Waals surface area (Å²) >= 11 is 0. The molecule has 1 aromatic heterocycles. The van der Waals surface area contributed by atoms with Crippen LogP contribution >= 0.6 is 24.0 Å². The third-order valence-electron chi connectivity index (χ3n) is 4.18. The van der Waals surface area contributed by atoms with Gasteiger partial charge in [0.1, 0.15) is 5.82 Å². The van der Waals surface area contributed by atoms with Gasteiger partial charge in [-0.2, -0.15) is 0 Å². The number of hydrogen-bond donors (Lipinski definition) is 2. The predicted octanol–water partition coefficient (Wildman–Crippen LogP) is 2.00. The smallest absolute Gasteiger partial charge is 0.191 e. The van der Waals surface area contributed by atoms with Crippen LogP contribution < -0.4 is 15.5 Å². The van der Waals surface area contributed by atoms with Crippen LogP contribution in [0, 0.1) is 5.92 Å². The lowest BCUT2D eigenvalue weighted by molar-refractivity contribution is 0.122. The number of aromatic nitrogens is 1. The molecule has 0 amide bonds. The minimum Gasteiger partial charge on any atom is -0.378 e. The summed E-state index contributed by atoms with van der Waals surface area (Å²) in [5, 5.41) is 6.76. The first-order chi connectivity index (χ1) is 11.4. The SMILES string of the molecule is CCNC(=NCc1cccnc1N1CCOCC1)NCC1CC1.I. The molecule has 7 heteroatoms. The van der Waals surface area contributed by atoms with E-state index in [2.05, 4.69) is 33.5 Å². The molecule has 1 aliphatic carbocycles. The summed E-state index contributed by atoms with van der Waals surface area (Å²) in [5.74, 6) is 2.77. The fourth-order valence-corrected chi connectivity index (χ4v) is 2.68. The van der Waals surface area contributed by atoms with Crippen LogP contribution in [0.3, 0.4) is 0 Å². The van der Waals surface area contributed by atoms with E-state index in [0.29, 0.717) is 6.54 Å². The Bertz CT molecular complexity index is 529. The second-order valence-corrected chi connectivity index (χ2v) is 6.10. The van der Waals surface area contributed by atoms with Gasteiger partial charge in [-0.1, -0.05) is 6.07 Å². The Hall–Kier alpha value is -1.09. The van der Waals surface area contributed by atoms with Gasteiger partial charge in [0.15, 0.2) is 5.96 Å². The topological polar surface area (TPSA) is 61.8 Å². The molecule has 0 aromatic carbocycles. The predicted molar refractivity (Wildman–Crippen MR) is 108 cm³/mol. The molecule has 2 N–H and O–H groups in total. The summed E-state index contributed by atoms with van der Waals surface area (Å²) in [6, 6.07) is 4.10. The number of anilines is 1. The highest BCUT2D eigenvalue weighted by Crippen LogP contribution is 2.27. The molecule has 24 heavy (non-hydrogen) atoms. The number of morpholine rings is 1. The quantitative estimate of drug-likeness (QED) is 0.399. The zero-order chi connectivity index (χ0) is 15.9. The van der Waals surface area contributed by atoms with Crippen molar-refractivity contribution in [2.75, 3.05) is 44.3 Å². The molecular formula is C17H28IN5O. The molecule has 0 bridgehead atoms. The third-order valence-corrected chi connectivity index (χ3v) is 4.18. The first kappa shape index (κ1) is 19.2. The van der Waals surface area contributed by atoms with Crippen molar-refractivity contribution in [2.24, 2.45) is 10.9 Å². The van der Waals surface area contributed by atoms with Crippen LogP contribution in [0.4, 0.5) is 5.82 Å². The summed E-state index contributed by atoms with van der Waals surface area (Å²) in [5.41, 5.74) is 1.16. The van der Waals surface area contributed by atoms with Crippen molar-refractivity contribution in [1.82, 2.24) is 15.6 Å². The van der Waals surface area contributed by atoms with E-state index in [-0.39, 0.29) is 24.0 Å². The minimum absolute atomic E-state index is 0. The van der Waals surface area contributed by atoms with Gasteiger partial charge >= 0.3 is 0 Å². The molecule has 0 unspecified atom stereocenters. The van der Waals surface area contributed by atoms with Crippen LogP contribution in [0.1, 0.15) is 25.3 Å². The number of aliphatic imine (C=N–C) groups is 1. The van der Waals surface area contributed by atoms with E-state index in [1.54, 1.807) is 0 Å². The van der Waals surface area contributed by atoms with E-state index in [9.17, 15) is 0 Å². The molecule has 0 spiro atoms. The van der Waals surface area contributed by atoms with Gasteiger partial charge in [-0.05, 0) is 31.7 Å². The first-order valence-corrected chi connectivity index (χ1v) is 8.65. The van der Waals surface area contributed by atoms with Crippen LogP contribution in [-0.4, -0.2) is 50.3 Å². The Morgan fingerprint density at radius 3 is 2.83 bits per heavy atom. The molecule has 1 saturated carbocycles. The molecule has 2 aliphatic rings. The number of ether oxygens (including phenoxy) is 1. The Morgan fingerprint density at radius 2 is 2.12 bits per heavy atom. The van der Waals surface area contributed by atoms with Crippen LogP contribution in [0.15, 0.2) is 23.3 Å². The zero-order valence-electron chi connectivity index (χ0n) is 14.3. The lowest BCUT2D eigenvalue weighted by Crippen LogP contribution is -2.38. The van der Waals surface area contributed by atoms with Crippen molar-refractivity contribution in [2.45, 2.75) is 26.3 Å². The lowest BCUT2D eigenvalue weighted by Gasteiger charge is -2.29.